The zero-order valence-electron chi connectivity index (χ0n) is 12.4. The molecule has 1 amide bonds. The molecule has 2 unspecified atom stereocenters. The summed E-state index contributed by atoms with van der Waals surface area (Å²) in [5.74, 6) is 1.25. The maximum atomic E-state index is 11.5. The smallest absolute Gasteiger partial charge is 0.224 e. The van der Waals surface area contributed by atoms with Gasteiger partial charge in [-0.15, -0.1) is 0 Å². The maximum absolute atomic E-state index is 11.5. The van der Waals surface area contributed by atoms with Crippen molar-refractivity contribution in [1.82, 2.24) is 0 Å². The molecule has 114 valence electrons. The van der Waals surface area contributed by atoms with Crippen molar-refractivity contribution >= 4 is 34.7 Å². The van der Waals surface area contributed by atoms with E-state index in [1.807, 2.05) is 23.9 Å². The van der Waals surface area contributed by atoms with E-state index in [0.29, 0.717) is 17.7 Å². The first-order valence-corrected chi connectivity index (χ1v) is 8.82. The Balaban J connectivity index is 1.79. The number of amides is 1. The van der Waals surface area contributed by atoms with Gasteiger partial charge in [0, 0.05) is 23.4 Å². The fraction of sp³-hybridized carbons (Fsp3) is 0.562. The summed E-state index contributed by atoms with van der Waals surface area (Å²) in [4.78, 5) is 11.5. The van der Waals surface area contributed by atoms with E-state index in [2.05, 4.69) is 17.6 Å². The molecular weight excluding hydrogens is 282 g/mol. The van der Waals surface area contributed by atoms with Crippen LogP contribution in [0.5, 0.6) is 0 Å². The van der Waals surface area contributed by atoms with Gasteiger partial charge < -0.3 is 16.4 Å². The molecule has 1 aliphatic heterocycles. The number of carbonyl (C=O) groups is 1. The number of nitrogens with two attached hydrogens (primary N) is 1. The van der Waals surface area contributed by atoms with E-state index >= 15 is 0 Å². The van der Waals surface area contributed by atoms with Crippen LogP contribution in [0.1, 0.15) is 38.2 Å². The molecule has 1 aliphatic carbocycles. The average molecular weight is 305 g/mol. The van der Waals surface area contributed by atoms with Gasteiger partial charge in [-0.05, 0) is 42.7 Å². The van der Waals surface area contributed by atoms with Crippen LogP contribution in [0, 0.1) is 0 Å². The van der Waals surface area contributed by atoms with Crippen molar-refractivity contribution in [1.29, 1.82) is 0 Å². The largest absolute Gasteiger partial charge is 0.397 e. The third-order valence-electron chi connectivity index (χ3n) is 4.35. The number of thioether (sulfide) groups is 1. The molecule has 5 heteroatoms. The van der Waals surface area contributed by atoms with Gasteiger partial charge in [0.1, 0.15) is 0 Å². The molecule has 1 aromatic rings. The highest BCUT2D eigenvalue weighted by Gasteiger charge is 2.28. The molecule has 0 aromatic heterocycles. The minimum atomic E-state index is 0.0958. The SMILES string of the molecule is CCSC1CCCC1Nc1cc2c(cc1N)CCC(=O)N2. The van der Waals surface area contributed by atoms with Crippen LogP contribution in [0.3, 0.4) is 0 Å². The highest BCUT2D eigenvalue weighted by atomic mass is 32.2. The van der Waals surface area contributed by atoms with Crippen LogP contribution in [0.25, 0.3) is 0 Å². The zero-order valence-corrected chi connectivity index (χ0v) is 13.3. The van der Waals surface area contributed by atoms with Gasteiger partial charge in [0.2, 0.25) is 5.91 Å². The molecule has 2 aliphatic rings. The lowest BCUT2D eigenvalue weighted by Crippen LogP contribution is -2.27. The van der Waals surface area contributed by atoms with E-state index < -0.39 is 0 Å². The number of nitrogen functional groups attached to an aromatic ring is 1. The van der Waals surface area contributed by atoms with Crippen molar-refractivity contribution in [2.24, 2.45) is 0 Å². The fourth-order valence-electron chi connectivity index (χ4n) is 3.28. The summed E-state index contributed by atoms with van der Waals surface area (Å²) >= 11 is 2.03. The molecule has 0 radical (unpaired) electrons. The predicted octanol–water partition coefficient (Wildman–Crippen LogP) is 3.24. The van der Waals surface area contributed by atoms with Gasteiger partial charge in [-0.25, -0.2) is 0 Å². The van der Waals surface area contributed by atoms with Crippen molar-refractivity contribution in [2.45, 2.75) is 50.3 Å². The van der Waals surface area contributed by atoms with Crippen LogP contribution in [0.4, 0.5) is 17.1 Å². The van der Waals surface area contributed by atoms with Gasteiger partial charge in [0.25, 0.3) is 0 Å². The normalized spacial score (nSPS) is 24.5. The number of rotatable bonds is 4. The molecule has 1 heterocycles. The van der Waals surface area contributed by atoms with E-state index in [1.165, 1.54) is 19.3 Å². The lowest BCUT2D eigenvalue weighted by molar-refractivity contribution is -0.116. The molecule has 21 heavy (non-hydrogen) atoms. The van der Waals surface area contributed by atoms with Crippen molar-refractivity contribution in [2.75, 3.05) is 22.1 Å². The number of hydrogen-bond acceptors (Lipinski definition) is 4. The van der Waals surface area contributed by atoms with Gasteiger partial charge in [0.15, 0.2) is 0 Å². The average Bonchev–Trinajstić information content (AvgIpc) is 2.88. The second-order valence-corrected chi connectivity index (χ2v) is 7.34. The molecule has 0 saturated heterocycles. The third kappa shape index (κ3) is 3.12. The lowest BCUT2D eigenvalue weighted by atomic mass is 10.0. The Morgan fingerprint density at radius 1 is 1.38 bits per heavy atom. The standard InChI is InChI=1S/C16H23N3OS/c1-2-21-15-5-3-4-12(15)18-14-9-13-10(8-11(14)17)6-7-16(20)19-13/h8-9,12,15,18H,2-7,17H2,1H3,(H,19,20). The summed E-state index contributed by atoms with van der Waals surface area (Å²) in [6.07, 6.45) is 5.08. The number of benzene rings is 1. The number of hydrogen-bond donors (Lipinski definition) is 3. The van der Waals surface area contributed by atoms with Gasteiger partial charge in [-0.3, -0.25) is 4.79 Å². The van der Waals surface area contributed by atoms with E-state index in [4.69, 9.17) is 5.73 Å². The Bertz CT molecular complexity index is 547. The highest BCUT2D eigenvalue weighted by Crippen LogP contribution is 2.36. The van der Waals surface area contributed by atoms with Crippen LogP contribution in [0.2, 0.25) is 0 Å². The second kappa shape index (κ2) is 6.18. The maximum Gasteiger partial charge on any atom is 0.224 e. The Hall–Kier alpha value is -1.36. The van der Waals surface area contributed by atoms with Gasteiger partial charge in [-0.1, -0.05) is 13.3 Å². The molecule has 0 spiro atoms. The van der Waals surface area contributed by atoms with E-state index in [-0.39, 0.29) is 5.91 Å². The summed E-state index contributed by atoms with van der Waals surface area (Å²) < 4.78 is 0. The monoisotopic (exact) mass is 305 g/mol. The van der Waals surface area contributed by atoms with Crippen molar-refractivity contribution in [3.8, 4) is 0 Å². The van der Waals surface area contributed by atoms with Crippen molar-refractivity contribution < 1.29 is 4.79 Å². The van der Waals surface area contributed by atoms with Crippen LogP contribution in [-0.4, -0.2) is 23.0 Å². The van der Waals surface area contributed by atoms with Crippen LogP contribution in [0.15, 0.2) is 12.1 Å². The van der Waals surface area contributed by atoms with Crippen LogP contribution in [-0.2, 0) is 11.2 Å². The van der Waals surface area contributed by atoms with Crippen LogP contribution < -0.4 is 16.4 Å². The van der Waals surface area contributed by atoms with Crippen molar-refractivity contribution in [3.05, 3.63) is 17.7 Å². The summed E-state index contributed by atoms with van der Waals surface area (Å²) in [6, 6.07) is 4.50. The minimum Gasteiger partial charge on any atom is -0.397 e. The Kier molecular flexibility index (Phi) is 4.29. The van der Waals surface area contributed by atoms with Gasteiger partial charge in [-0.2, -0.15) is 11.8 Å². The lowest BCUT2D eigenvalue weighted by Gasteiger charge is -2.24. The predicted molar refractivity (Wildman–Crippen MR) is 91.0 cm³/mol. The number of nitrogens with one attached hydrogen (secondary N) is 2. The molecular formula is C16H23N3OS. The second-order valence-electron chi connectivity index (χ2n) is 5.82. The highest BCUT2D eigenvalue weighted by molar-refractivity contribution is 7.99. The quantitative estimate of drug-likeness (QED) is 0.747. The molecule has 1 aromatic carbocycles. The van der Waals surface area contributed by atoms with Gasteiger partial charge in [0.05, 0.1) is 11.4 Å². The van der Waals surface area contributed by atoms with E-state index in [1.54, 1.807) is 0 Å². The van der Waals surface area contributed by atoms with E-state index in [9.17, 15) is 4.79 Å². The molecule has 1 saturated carbocycles. The first-order valence-electron chi connectivity index (χ1n) is 7.77. The zero-order chi connectivity index (χ0) is 14.8. The summed E-state index contributed by atoms with van der Waals surface area (Å²) in [5.41, 5.74) is 10.0. The van der Waals surface area contributed by atoms with Crippen molar-refractivity contribution in [3.63, 3.8) is 0 Å². The number of fused-ring (bicyclic) bond motifs is 1. The number of carbonyl (C=O) groups excluding carboxylic acids is 1. The number of anilines is 3. The minimum absolute atomic E-state index is 0.0958. The molecule has 3 rings (SSSR count). The Morgan fingerprint density at radius 2 is 2.24 bits per heavy atom. The van der Waals surface area contributed by atoms with Crippen LogP contribution >= 0.6 is 11.8 Å². The molecule has 4 nitrogen and oxygen atoms in total. The molecule has 2 atom stereocenters. The molecule has 0 bridgehead atoms. The molecule has 4 N–H and O–H groups in total. The fourth-order valence-corrected chi connectivity index (χ4v) is 4.48. The Labute approximate surface area is 130 Å². The third-order valence-corrected chi connectivity index (χ3v) is 5.67. The summed E-state index contributed by atoms with van der Waals surface area (Å²) in [7, 11) is 0. The van der Waals surface area contributed by atoms with Gasteiger partial charge >= 0.3 is 0 Å². The summed E-state index contributed by atoms with van der Waals surface area (Å²) in [5, 5.41) is 7.23. The van der Waals surface area contributed by atoms with E-state index in [0.717, 1.165) is 34.8 Å². The first kappa shape index (κ1) is 14.6. The molecule has 1 fully saturated rings. The Morgan fingerprint density at radius 3 is 3.05 bits per heavy atom. The topological polar surface area (TPSA) is 67.1 Å². The summed E-state index contributed by atoms with van der Waals surface area (Å²) in [6.45, 7) is 2.21. The first-order chi connectivity index (χ1) is 10.2. The number of aryl methyl sites for hydroxylation is 1.